The molecule has 108 valence electrons. The molecule has 0 saturated carbocycles. The van der Waals surface area contributed by atoms with Crippen LogP contribution in [0.1, 0.15) is 13.8 Å². The van der Waals surface area contributed by atoms with Crippen LogP contribution >= 0.6 is 12.4 Å². The van der Waals surface area contributed by atoms with Gasteiger partial charge in [-0.3, -0.25) is 4.79 Å². The zero-order valence-electron chi connectivity index (χ0n) is 10.9. The summed E-state index contributed by atoms with van der Waals surface area (Å²) in [4.78, 5) is 11.7. The summed E-state index contributed by atoms with van der Waals surface area (Å²) in [5, 5.41) is 2.29. The molecule has 7 heteroatoms. The van der Waals surface area contributed by atoms with Crippen molar-refractivity contribution < 1.29 is 18.3 Å². The lowest BCUT2D eigenvalue weighted by molar-refractivity contribution is -0.119. The molecule has 0 aliphatic rings. The fourth-order valence-corrected chi connectivity index (χ4v) is 1.27. The summed E-state index contributed by atoms with van der Waals surface area (Å²) in [6.45, 7) is 3.27. The third-order valence-electron chi connectivity index (χ3n) is 2.70. The number of hydrogen-bond acceptors (Lipinski definition) is 3. The van der Waals surface area contributed by atoms with Crippen LogP contribution in [0.3, 0.4) is 0 Å². The Morgan fingerprint density at radius 3 is 2.37 bits per heavy atom. The van der Waals surface area contributed by atoms with Crippen LogP contribution in [0.15, 0.2) is 12.1 Å². The number of anilines is 1. The zero-order valence-corrected chi connectivity index (χ0v) is 11.7. The molecule has 3 N–H and O–H groups in total. The normalized spacial score (nSPS) is 13.2. The minimum atomic E-state index is -0.765. The van der Waals surface area contributed by atoms with Gasteiger partial charge in [0.2, 0.25) is 5.91 Å². The number of nitrogens with two attached hydrogens (primary N) is 1. The van der Waals surface area contributed by atoms with Gasteiger partial charge >= 0.3 is 0 Å². The maximum absolute atomic E-state index is 13.5. The first-order valence-electron chi connectivity index (χ1n) is 5.46. The van der Waals surface area contributed by atoms with Crippen molar-refractivity contribution in [3.8, 4) is 5.75 Å². The molecule has 4 nitrogen and oxygen atoms in total. The van der Waals surface area contributed by atoms with Crippen molar-refractivity contribution in [2.45, 2.75) is 19.9 Å². The van der Waals surface area contributed by atoms with Gasteiger partial charge in [0.05, 0.1) is 18.7 Å². The average Bonchev–Trinajstić information content (AvgIpc) is 2.32. The molecule has 1 rings (SSSR count). The Balaban J connectivity index is 0.00000324. The molecule has 0 radical (unpaired) electrons. The van der Waals surface area contributed by atoms with Crippen molar-refractivity contribution in [3.05, 3.63) is 23.8 Å². The number of hydrogen-bond donors (Lipinski definition) is 2. The summed E-state index contributed by atoms with van der Waals surface area (Å²) in [6, 6.07) is 1.37. The van der Waals surface area contributed by atoms with E-state index in [2.05, 4.69) is 10.1 Å². The maximum atomic E-state index is 13.5. The van der Waals surface area contributed by atoms with E-state index < -0.39 is 23.5 Å². The minimum Gasteiger partial charge on any atom is -0.494 e. The van der Waals surface area contributed by atoms with E-state index >= 15 is 0 Å². The van der Waals surface area contributed by atoms with Crippen LogP contribution < -0.4 is 15.8 Å². The number of nitrogens with one attached hydrogen (secondary N) is 1. The van der Waals surface area contributed by atoms with Crippen LogP contribution in [-0.4, -0.2) is 19.1 Å². The van der Waals surface area contributed by atoms with Crippen LogP contribution in [-0.2, 0) is 4.79 Å². The second kappa shape index (κ2) is 7.25. The van der Waals surface area contributed by atoms with Crippen LogP contribution in [0.4, 0.5) is 14.5 Å². The van der Waals surface area contributed by atoms with E-state index in [0.29, 0.717) is 0 Å². The number of halogens is 3. The lowest BCUT2D eigenvalue weighted by atomic mass is 10.0. The Morgan fingerprint density at radius 1 is 1.32 bits per heavy atom. The van der Waals surface area contributed by atoms with Crippen LogP contribution in [0.25, 0.3) is 0 Å². The predicted molar refractivity (Wildman–Crippen MR) is 71.6 cm³/mol. The number of amides is 1. The first-order chi connectivity index (χ1) is 8.36. The summed E-state index contributed by atoms with van der Waals surface area (Å²) in [6.07, 6.45) is 0. The van der Waals surface area contributed by atoms with E-state index in [4.69, 9.17) is 5.73 Å². The van der Waals surface area contributed by atoms with E-state index in [0.717, 1.165) is 12.1 Å². The molecule has 0 heterocycles. The molecular formula is C12H17ClF2N2O2. The van der Waals surface area contributed by atoms with Crippen molar-refractivity contribution in [3.63, 3.8) is 0 Å². The third kappa shape index (κ3) is 4.33. The topological polar surface area (TPSA) is 64.3 Å². The predicted octanol–water partition coefficient (Wildman–Crippen LogP) is 2.32. The fourth-order valence-electron chi connectivity index (χ4n) is 1.27. The van der Waals surface area contributed by atoms with Gasteiger partial charge in [-0.1, -0.05) is 6.92 Å². The van der Waals surface area contributed by atoms with Gasteiger partial charge in [0, 0.05) is 18.2 Å². The monoisotopic (exact) mass is 294 g/mol. The van der Waals surface area contributed by atoms with Crippen LogP contribution in [0, 0.1) is 17.6 Å². The average molecular weight is 295 g/mol. The fraction of sp³-hybridized carbons (Fsp3) is 0.417. The molecule has 0 fully saturated rings. The highest BCUT2D eigenvalue weighted by molar-refractivity contribution is 5.92. The Labute approximate surface area is 116 Å². The molecule has 19 heavy (non-hydrogen) atoms. The molecule has 0 saturated heterocycles. The summed E-state index contributed by atoms with van der Waals surface area (Å²) >= 11 is 0. The standard InChI is InChI=1S/C12H16F2N2O2.ClH/c1-6(7(2)15)12(17)16-10-4-9(14)11(18-3)5-8(10)13;/h4-7H,15H2,1-3H3,(H,16,17);1H. The Morgan fingerprint density at radius 2 is 1.89 bits per heavy atom. The number of benzene rings is 1. The molecule has 1 amide bonds. The molecule has 0 aliphatic heterocycles. The van der Waals surface area contributed by atoms with E-state index in [1.165, 1.54) is 7.11 Å². The van der Waals surface area contributed by atoms with Gasteiger partial charge in [0.15, 0.2) is 17.4 Å². The number of carbonyl (C=O) groups is 1. The highest BCUT2D eigenvalue weighted by Crippen LogP contribution is 2.25. The van der Waals surface area contributed by atoms with Crippen molar-refractivity contribution in [2.24, 2.45) is 11.7 Å². The van der Waals surface area contributed by atoms with Gasteiger partial charge in [-0.15, -0.1) is 12.4 Å². The maximum Gasteiger partial charge on any atom is 0.228 e. The first-order valence-corrected chi connectivity index (χ1v) is 5.46. The van der Waals surface area contributed by atoms with E-state index in [1.54, 1.807) is 13.8 Å². The van der Waals surface area contributed by atoms with Gasteiger partial charge in [-0.2, -0.15) is 0 Å². The first kappa shape index (κ1) is 17.6. The Bertz CT molecular complexity index is 456. The third-order valence-corrected chi connectivity index (χ3v) is 2.70. The Hall–Kier alpha value is -1.40. The van der Waals surface area contributed by atoms with Gasteiger partial charge < -0.3 is 15.8 Å². The summed E-state index contributed by atoms with van der Waals surface area (Å²) in [5.74, 6) is -2.70. The van der Waals surface area contributed by atoms with Crippen LogP contribution in [0.5, 0.6) is 5.75 Å². The highest BCUT2D eigenvalue weighted by atomic mass is 35.5. The molecule has 2 atom stereocenters. The van der Waals surface area contributed by atoms with E-state index in [1.807, 2.05) is 0 Å². The van der Waals surface area contributed by atoms with Gasteiger partial charge in [0.1, 0.15) is 0 Å². The second-order valence-electron chi connectivity index (χ2n) is 4.10. The SMILES string of the molecule is COc1cc(F)c(NC(=O)C(C)C(C)N)cc1F.Cl. The number of methoxy groups -OCH3 is 1. The molecule has 1 aromatic carbocycles. The molecule has 0 bridgehead atoms. The summed E-state index contributed by atoms with van der Waals surface area (Å²) in [7, 11) is 1.23. The van der Waals surface area contributed by atoms with E-state index in [-0.39, 0.29) is 29.9 Å². The summed E-state index contributed by atoms with van der Waals surface area (Å²) < 4.78 is 31.5. The molecular weight excluding hydrogens is 278 g/mol. The lowest BCUT2D eigenvalue weighted by Gasteiger charge is -2.16. The Kier molecular flexibility index (Phi) is 6.72. The van der Waals surface area contributed by atoms with Gasteiger partial charge in [0.25, 0.3) is 0 Å². The molecule has 1 aromatic rings. The van der Waals surface area contributed by atoms with Crippen molar-refractivity contribution in [2.75, 3.05) is 12.4 Å². The lowest BCUT2D eigenvalue weighted by Crippen LogP contribution is -2.34. The van der Waals surface area contributed by atoms with E-state index in [9.17, 15) is 13.6 Å². The number of ether oxygens (including phenoxy) is 1. The van der Waals surface area contributed by atoms with Crippen LogP contribution in [0.2, 0.25) is 0 Å². The molecule has 0 spiro atoms. The molecule has 2 unspecified atom stereocenters. The largest absolute Gasteiger partial charge is 0.494 e. The number of carbonyl (C=O) groups excluding carboxylic acids is 1. The molecule has 0 aliphatic carbocycles. The van der Waals surface area contributed by atoms with Gasteiger partial charge in [-0.25, -0.2) is 8.78 Å². The smallest absolute Gasteiger partial charge is 0.228 e. The number of rotatable bonds is 4. The quantitative estimate of drug-likeness (QED) is 0.896. The van der Waals surface area contributed by atoms with Gasteiger partial charge in [-0.05, 0) is 6.92 Å². The minimum absolute atomic E-state index is 0. The summed E-state index contributed by atoms with van der Waals surface area (Å²) in [5.41, 5.74) is 5.32. The zero-order chi connectivity index (χ0) is 13.9. The molecule has 0 aromatic heterocycles. The second-order valence-corrected chi connectivity index (χ2v) is 4.10. The van der Waals surface area contributed by atoms with Crippen molar-refractivity contribution >= 4 is 24.0 Å². The highest BCUT2D eigenvalue weighted by Gasteiger charge is 2.19. The van der Waals surface area contributed by atoms with Crippen molar-refractivity contribution in [1.29, 1.82) is 0 Å². The van der Waals surface area contributed by atoms with Crippen molar-refractivity contribution in [1.82, 2.24) is 0 Å².